The van der Waals surface area contributed by atoms with E-state index in [2.05, 4.69) is 25.6 Å². The SMILES string of the molecule is CCCCC1(CC)COCCCSC1. The zero-order chi connectivity index (χ0) is 10.3. The van der Waals surface area contributed by atoms with Gasteiger partial charge < -0.3 is 4.74 Å². The molecular weight excluding hydrogens is 192 g/mol. The number of thioether (sulfide) groups is 1. The molecule has 0 amide bonds. The van der Waals surface area contributed by atoms with Crippen molar-refractivity contribution in [3.8, 4) is 0 Å². The van der Waals surface area contributed by atoms with E-state index in [1.807, 2.05) is 0 Å². The summed E-state index contributed by atoms with van der Waals surface area (Å²) in [6.45, 7) is 6.57. The van der Waals surface area contributed by atoms with Crippen LogP contribution < -0.4 is 0 Å². The standard InChI is InChI=1S/C12H24OS/c1-3-5-7-12(4-2)10-13-8-6-9-14-11-12/h3-11H2,1-2H3. The van der Waals surface area contributed by atoms with E-state index in [1.54, 1.807) is 0 Å². The van der Waals surface area contributed by atoms with E-state index in [1.165, 1.54) is 43.6 Å². The maximum absolute atomic E-state index is 5.77. The van der Waals surface area contributed by atoms with Crippen LogP contribution in [0.25, 0.3) is 0 Å². The van der Waals surface area contributed by atoms with Crippen molar-refractivity contribution in [1.29, 1.82) is 0 Å². The summed E-state index contributed by atoms with van der Waals surface area (Å²) in [6.07, 6.45) is 6.54. The van der Waals surface area contributed by atoms with Crippen molar-refractivity contribution >= 4 is 11.8 Å². The molecule has 0 radical (unpaired) electrons. The third-order valence-corrected chi connectivity index (χ3v) is 4.60. The molecule has 0 N–H and O–H groups in total. The van der Waals surface area contributed by atoms with Crippen molar-refractivity contribution in [2.45, 2.75) is 46.0 Å². The van der Waals surface area contributed by atoms with Gasteiger partial charge in [-0.05, 0) is 25.0 Å². The molecule has 84 valence electrons. The molecule has 0 aromatic rings. The molecule has 1 fully saturated rings. The van der Waals surface area contributed by atoms with E-state index >= 15 is 0 Å². The summed E-state index contributed by atoms with van der Waals surface area (Å²) in [4.78, 5) is 0. The van der Waals surface area contributed by atoms with Gasteiger partial charge in [-0.2, -0.15) is 11.8 Å². The van der Waals surface area contributed by atoms with Crippen molar-refractivity contribution in [3.63, 3.8) is 0 Å². The number of hydrogen-bond acceptors (Lipinski definition) is 2. The molecule has 1 rings (SSSR count). The monoisotopic (exact) mass is 216 g/mol. The summed E-state index contributed by atoms with van der Waals surface area (Å²) in [7, 11) is 0. The summed E-state index contributed by atoms with van der Waals surface area (Å²) in [6, 6.07) is 0. The fourth-order valence-corrected chi connectivity index (χ4v) is 3.29. The zero-order valence-electron chi connectivity index (χ0n) is 9.68. The van der Waals surface area contributed by atoms with Crippen LogP contribution >= 0.6 is 11.8 Å². The Labute approximate surface area is 93.0 Å². The Hall–Kier alpha value is 0.310. The minimum Gasteiger partial charge on any atom is -0.381 e. The molecule has 0 spiro atoms. The molecular formula is C12H24OS. The summed E-state index contributed by atoms with van der Waals surface area (Å²) >= 11 is 2.13. The van der Waals surface area contributed by atoms with Crippen LogP contribution in [0.3, 0.4) is 0 Å². The smallest absolute Gasteiger partial charge is 0.0530 e. The molecule has 14 heavy (non-hydrogen) atoms. The van der Waals surface area contributed by atoms with Crippen LogP contribution in [-0.2, 0) is 4.74 Å². The topological polar surface area (TPSA) is 9.23 Å². The molecule has 1 atom stereocenters. The average molecular weight is 216 g/mol. The Morgan fingerprint density at radius 2 is 2.21 bits per heavy atom. The first kappa shape index (κ1) is 12.4. The van der Waals surface area contributed by atoms with Gasteiger partial charge in [0.2, 0.25) is 0 Å². The Kier molecular flexibility index (Phi) is 5.95. The largest absolute Gasteiger partial charge is 0.381 e. The predicted molar refractivity (Wildman–Crippen MR) is 65.0 cm³/mol. The van der Waals surface area contributed by atoms with E-state index in [9.17, 15) is 0 Å². The quantitative estimate of drug-likeness (QED) is 0.708. The lowest BCUT2D eigenvalue weighted by Gasteiger charge is -2.34. The molecule has 0 aromatic heterocycles. The normalized spacial score (nSPS) is 29.6. The summed E-state index contributed by atoms with van der Waals surface area (Å²) in [5.74, 6) is 2.59. The second-order valence-corrected chi connectivity index (χ2v) is 5.52. The highest BCUT2D eigenvalue weighted by Gasteiger charge is 2.28. The van der Waals surface area contributed by atoms with Crippen molar-refractivity contribution in [1.82, 2.24) is 0 Å². The van der Waals surface area contributed by atoms with Gasteiger partial charge >= 0.3 is 0 Å². The van der Waals surface area contributed by atoms with Gasteiger partial charge in [-0.3, -0.25) is 0 Å². The molecule has 1 aliphatic heterocycles. The molecule has 1 heterocycles. The van der Waals surface area contributed by atoms with Gasteiger partial charge in [-0.15, -0.1) is 0 Å². The fourth-order valence-electron chi connectivity index (χ4n) is 1.96. The van der Waals surface area contributed by atoms with Gasteiger partial charge in [0.05, 0.1) is 6.61 Å². The fraction of sp³-hybridized carbons (Fsp3) is 1.00. The maximum Gasteiger partial charge on any atom is 0.0530 e. The predicted octanol–water partition coefficient (Wildman–Crippen LogP) is 3.73. The van der Waals surface area contributed by atoms with Gasteiger partial charge in [-0.1, -0.05) is 26.7 Å². The van der Waals surface area contributed by atoms with Gasteiger partial charge in [-0.25, -0.2) is 0 Å². The van der Waals surface area contributed by atoms with Crippen LogP contribution in [0.5, 0.6) is 0 Å². The lowest BCUT2D eigenvalue weighted by Crippen LogP contribution is -2.31. The number of unbranched alkanes of at least 4 members (excludes halogenated alkanes) is 1. The number of rotatable bonds is 4. The van der Waals surface area contributed by atoms with E-state index in [4.69, 9.17) is 4.74 Å². The first-order valence-corrected chi connectivity index (χ1v) is 7.14. The van der Waals surface area contributed by atoms with Crippen molar-refractivity contribution < 1.29 is 4.74 Å². The van der Waals surface area contributed by atoms with Gasteiger partial charge in [0.1, 0.15) is 0 Å². The van der Waals surface area contributed by atoms with E-state index in [0.717, 1.165) is 13.2 Å². The van der Waals surface area contributed by atoms with Crippen LogP contribution in [0.4, 0.5) is 0 Å². The van der Waals surface area contributed by atoms with E-state index < -0.39 is 0 Å². The summed E-state index contributed by atoms with van der Waals surface area (Å²) in [5, 5.41) is 0. The molecule has 0 bridgehead atoms. The third kappa shape index (κ3) is 3.82. The Morgan fingerprint density at radius 1 is 1.36 bits per heavy atom. The molecule has 0 aliphatic carbocycles. The molecule has 1 aliphatic rings. The van der Waals surface area contributed by atoms with Gasteiger partial charge in [0, 0.05) is 17.8 Å². The highest BCUT2D eigenvalue weighted by Crippen LogP contribution is 2.34. The van der Waals surface area contributed by atoms with Crippen LogP contribution in [-0.4, -0.2) is 24.7 Å². The van der Waals surface area contributed by atoms with Crippen LogP contribution in [0.1, 0.15) is 46.0 Å². The Morgan fingerprint density at radius 3 is 2.93 bits per heavy atom. The van der Waals surface area contributed by atoms with Crippen molar-refractivity contribution in [2.24, 2.45) is 5.41 Å². The van der Waals surface area contributed by atoms with Crippen molar-refractivity contribution in [2.75, 3.05) is 24.7 Å². The van der Waals surface area contributed by atoms with E-state index in [-0.39, 0.29) is 0 Å². The minimum absolute atomic E-state index is 0.487. The third-order valence-electron chi connectivity index (χ3n) is 3.20. The lowest BCUT2D eigenvalue weighted by molar-refractivity contribution is 0.0456. The highest BCUT2D eigenvalue weighted by atomic mass is 32.2. The second-order valence-electron chi connectivity index (χ2n) is 4.42. The first-order valence-electron chi connectivity index (χ1n) is 5.98. The first-order chi connectivity index (χ1) is 6.83. The molecule has 0 aromatic carbocycles. The molecule has 1 saturated heterocycles. The number of ether oxygens (including phenoxy) is 1. The zero-order valence-corrected chi connectivity index (χ0v) is 10.5. The summed E-state index contributed by atoms with van der Waals surface area (Å²) < 4.78 is 5.77. The molecule has 2 heteroatoms. The van der Waals surface area contributed by atoms with Crippen LogP contribution in [0.15, 0.2) is 0 Å². The van der Waals surface area contributed by atoms with E-state index in [0.29, 0.717) is 5.41 Å². The Bertz CT molecular complexity index is 134. The van der Waals surface area contributed by atoms with Crippen LogP contribution in [0.2, 0.25) is 0 Å². The highest BCUT2D eigenvalue weighted by molar-refractivity contribution is 7.99. The second kappa shape index (κ2) is 6.73. The maximum atomic E-state index is 5.77. The van der Waals surface area contributed by atoms with Gasteiger partial charge in [0.15, 0.2) is 0 Å². The molecule has 0 saturated carbocycles. The lowest BCUT2D eigenvalue weighted by atomic mass is 9.83. The van der Waals surface area contributed by atoms with Gasteiger partial charge in [0.25, 0.3) is 0 Å². The summed E-state index contributed by atoms with van der Waals surface area (Å²) in [5.41, 5.74) is 0.487. The van der Waals surface area contributed by atoms with Crippen molar-refractivity contribution in [3.05, 3.63) is 0 Å². The minimum atomic E-state index is 0.487. The van der Waals surface area contributed by atoms with Crippen LogP contribution in [0, 0.1) is 5.41 Å². The molecule has 1 nitrogen and oxygen atoms in total. The number of hydrogen-bond donors (Lipinski definition) is 0. The Balaban J connectivity index is 2.44. The average Bonchev–Trinajstić information content (AvgIpc) is 2.18. The molecule has 1 unspecified atom stereocenters.